The van der Waals surface area contributed by atoms with Gasteiger partial charge in [-0.2, -0.15) is 0 Å². The lowest BCUT2D eigenvalue weighted by Crippen LogP contribution is -2.39. The Balaban J connectivity index is 1.40. The molecule has 1 aliphatic carbocycles. The third kappa shape index (κ3) is 3.30. The molecule has 2 amide bonds. The SMILES string of the molecule is O=C(c1ccc2c(c1)OCO2)N1CCCN(C(=O)C2CCCC2)CC1. The second-order valence-corrected chi connectivity index (χ2v) is 7.02. The van der Waals surface area contributed by atoms with E-state index >= 15 is 0 Å². The second kappa shape index (κ2) is 6.94. The third-order valence-electron chi connectivity index (χ3n) is 5.42. The van der Waals surface area contributed by atoms with E-state index in [-0.39, 0.29) is 24.5 Å². The Morgan fingerprint density at radius 1 is 0.880 bits per heavy atom. The molecular weight excluding hydrogens is 320 g/mol. The maximum Gasteiger partial charge on any atom is 0.254 e. The molecule has 0 atom stereocenters. The molecule has 4 rings (SSSR count). The lowest BCUT2D eigenvalue weighted by molar-refractivity contribution is -0.135. The zero-order valence-corrected chi connectivity index (χ0v) is 14.4. The van der Waals surface area contributed by atoms with E-state index in [0.717, 1.165) is 25.8 Å². The van der Waals surface area contributed by atoms with Crippen LogP contribution in [0.25, 0.3) is 0 Å². The third-order valence-corrected chi connectivity index (χ3v) is 5.42. The van der Waals surface area contributed by atoms with Crippen molar-refractivity contribution in [2.45, 2.75) is 32.1 Å². The van der Waals surface area contributed by atoms with Crippen molar-refractivity contribution in [2.24, 2.45) is 5.92 Å². The first-order valence-corrected chi connectivity index (χ1v) is 9.20. The molecule has 1 saturated carbocycles. The molecule has 1 aromatic carbocycles. The molecular formula is C19H24N2O4. The Kier molecular flexibility index (Phi) is 4.51. The molecule has 2 aliphatic heterocycles. The van der Waals surface area contributed by atoms with Crippen molar-refractivity contribution < 1.29 is 19.1 Å². The molecule has 0 spiro atoms. The van der Waals surface area contributed by atoms with Gasteiger partial charge in [-0.15, -0.1) is 0 Å². The van der Waals surface area contributed by atoms with Gasteiger partial charge < -0.3 is 19.3 Å². The average molecular weight is 344 g/mol. The predicted molar refractivity (Wildman–Crippen MR) is 91.6 cm³/mol. The number of nitrogens with zero attached hydrogens (tertiary/aromatic N) is 2. The summed E-state index contributed by atoms with van der Waals surface area (Å²) in [5, 5.41) is 0. The van der Waals surface area contributed by atoms with Crippen LogP contribution in [0, 0.1) is 5.92 Å². The minimum atomic E-state index is -0.00605. The smallest absolute Gasteiger partial charge is 0.254 e. The summed E-state index contributed by atoms with van der Waals surface area (Å²) in [6.45, 7) is 2.86. The van der Waals surface area contributed by atoms with Crippen LogP contribution in [0.5, 0.6) is 11.5 Å². The van der Waals surface area contributed by atoms with Crippen molar-refractivity contribution in [1.29, 1.82) is 0 Å². The van der Waals surface area contributed by atoms with Crippen molar-refractivity contribution in [1.82, 2.24) is 9.80 Å². The highest BCUT2D eigenvalue weighted by molar-refractivity contribution is 5.95. The Hall–Kier alpha value is -2.24. The summed E-state index contributed by atoms with van der Waals surface area (Å²) in [6, 6.07) is 5.31. The molecule has 1 saturated heterocycles. The van der Waals surface area contributed by atoms with Crippen LogP contribution in [0.2, 0.25) is 0 Å². The highest BCUT2D eigenvalue weighted by atomic mass is 16.7. The minimum absolute atomic E-state index is 0.00605. The van der Waals surface area contributed by atoms with E-state index in [0.29, 0.717) is 36.7 Å². The zero-order chi connectivity index (χ0) is 17.2. The van der Waals surface area contributed by atoms with E-state index < -0.39 is 0 Å². The largest absolute Gasteiger partial charge is 0.454 e. The first-order valence-electron chi connectivity index (χ1n) is 9.20. The van der Waals surface area contributed by atoms with Crippen molar-refractivity contribution in [2.75, 3.05) is 33.0 Å². The van der Waals surface area contributed by atoms with Gasteiger partial charge in [0, 0.05) is 37.7 Å². The van der Waals surface area contributed by atoms with Gasteiger partial charge >= 0.3 is 0 Å². The molecule has 2 fully saturated rings. The molecule has 1 aromatic rings. The summed E-state index contributed by atoms with van der Waals surface area (Å²) in [4.78, 5) is 29.2. The van der Waals surface area contributed by atoms with Crippen LogP contribution < -0.4 is 9.47 Å². The molecule has 3 aliphatic rings. The number of carbonyl (C=O) groups excluding carboxylic acids is 2. The van der Waals surface area contributed by atoms with Crippen molar-refractivity contribution >= 4 is 11.8 Å². The lowest BCUT2D eigenvalue weighted by atomic mass is 10.1. The normalized spacial score (nSPS) is 20.6. The van der Waals surface area contributed by atoms with Gasteiger partial charge in [-0.1, -0.05) is 12.8 Å². The Bertz CT molecular complexity index is 669. The molecule has 25 heavy (non-hydrogen) atoms. The summed E-state index contributed by atoms with van der Waals surface area (Å²) in [5.41, 5.74) is 0.611. The Labute approximate surface area is 147 Å². The van der Waals surface area contributed by atoms with Crippen LogP contribution in [-0.4, -0.2) is 54.6 Å². The maximum atomic E-state index is 12.8. The van der Waals surface area contributed by atoms with Crippen LogP contribution in [-0.2, 0) is 4.79 Å². The van der Waals surface area contributed by atoms with Crippen molar-refractivity contribution in [3.63, 3.8) is 0 Å². The van der Waals surface area contributed by atoms with Crippen LogP contribution in [0.3, 0.4) is 0 Å². The minimum Gasteiger partial charge on any atom is -0.454 e. The molecule has 2 heterocycles. The van der Waals surface area contributed by atoms with E-state index in [1.54, 1.807) is 18.2 Å². The fourth-order valence-corrected chi connectivity index (χ4v) is 3.98. The van der Waals surface area contributed by atoms with Crippen LogP contribution in [0.1, 0.15) is 42.5 Å². The molecule has 6 nitrogen and oxygen atoms in total. The highest BCUT2D eigenvalue weighted by Crippen LogP contribution is 2.33. The van der Waals surface area contributed by atoms with Crippen molar-refractivity contribution in [3.05, 3.63) is 23.8 Å². The summed E-state index contributed by atoms with van der Waals surface area (Å²) in [7, 11) is 0. The fourth-order valence-electron chi connectivity index (χ4n) is 3.98. The number of amides is 2. The highest BCUT2D eigenvalue weighted by Gasteiger charge is 2.29. The Morgan fingerprint density at radius 2 is 1.60 bits per heavy atom. The molecule has 6 heteroatoms. The lowest BCUT2D eigenvalue weighted by Gasteiger charge is -2.24. The van der Waals surface area contributed by atoms with E-state index in [2.05, 4.69) is 0 Å². The van der Waals surface area contributed by atoms with Gasteiger partial charge in [-0.05, 0) is 37.5 Å². The van der Waals surface area contributed by atoms with Gasteiger partial charge in [0.05, 0.1) is 0 Å². The first-order chi connectivity index (χ1) is 12.2. The summed E-state index contributed by atoms with van der Waals surface area (Å²) < 4.78 is 10.7. The summed E-state index contributed by atoms with van der Waals surface area (Å²) >= 11 is 0. The summed E-state index contributed by atoms with van der Waals surface area (Å²) in [6.07, 6.45) is 5.21. The first kappa shape index (κ1) is 16.2. The molecule has 0 aromatic heterocycles. The molecule has 134 valence electrons. The van der Waals surface area contributed by atoms with Gasteiger partial charge in [0.2, 0.25) is 12.7 Å². The van der Waals surface area contributed by atoms with Crippen molar-refractivity contribution in [3.8, 4) is 11.5 Å². The monoisotopic (exact) mass is 344 g/mol. The van der Waals surface area contributed by atoms with Gasteiger partial charge in [0.25, 0.3) is 5.91 Å². The average Bonchev–Trinajstić information content (AvgIpc) is 3.27. The molecule has 0 radical (unpaired) electrons. The molecule has 0 N–H and O–H groups in total. The van der Waals surface area contributed by atoms with Gasteiger partial charge in [-0.3, -0.25) is 9.59 Å². The van der Waals surface area contributed by atoms with E-state index in [1.165, 1.54) is 12.8 Å². The van der Waals surface area contributed by atoms with Gasteiger partial charge in [-0.25, -0.2) is 0 Å². The second-order valence-electron chi connectivity index (χ2n) is 7.02. The maximum absolute atomic E-state index is 12.8. The number of ether oxygens (including phenoxy) is 2. The number of rotatable bonds is 2. The fraction of sp³-hybridized carbons (Fsp3) is 0.579. The molecule has 0 unspecified atom stereocenters. The van der Waals surface area contributed by atoms with Gasteiger partial charge in [0.15, 0.2) is 11.5 Å². The number of hydrogen-bond donors (Lipinski definition) is 0. The number of fused-ring (bicyclic) bond motifs is 1. The topological polar surface area (TPSA) is 59.1 Å². The predicted octanol–water partition coefficient (Wildman–Crippen LogP) is 2.28. The zero-order valence-electron chi connectivity index (χ0n) is 14.4. The Morgan fingerprint density at radius 3 is 2.44 bits per heavy atom. The molecule has 0 bridgehead atoms. The van der Waals surface area contributed by atoms with Crippen LogP contribution in [0.15, 0.2) is 18.2 Å². The van der Waals surface area contributed by atoms with Gasteiger partial charge in [0.1, 0.15) is 0 Å². The number of hydrogen-bond acceptors (Lipinski definition) is 4. The number of carbonyl (C=O) groups is 2. The number of benzene rings is 1. The quantitative estimate of drug-likeness (QED) is 0.826. The van der Waals surface area contributed by atoms with E-state index in [9.17, 15) is 9.59 Å². The standard InChI is InChI=1S/C19H24N2O4/c22-18(14-4-1-2-5-14)20-8-3-9-21(11-10-20)19(23)15-6-7-16-17(12-15)25-13-24-16/h6-7,12,14H,1-5,8-11,13H2. The summed E-state index contributed by atoms with van der Waals surface area (Å²) in [5.74, 6) is 1.79. The van der Waals surface area contributed by atoms with Crippen LogP contribution in [0.4, 0.5) is 0 Å². The van der Waals surface area contributed by atoms with E-state index in [4.69, 9.17) is 9.47 Å². The van der Waals surface area contributed by atoms with E-state index in [1.807, 2.05) is 9.80 Å². The van der Waals surface area contributed by atoms with Crippen LogP contribution >= 0.6 is 0 Å².